The summed E-state index contributed by atoms with van der Waals surface area (Å²) in [4.78, 5) is 3.97. The first-order valence-electron chi connectivity index (χ1n) is 5.78. The maximum Gasteiger partial charge on any atom is 0.120 e. The van der Waals surface area contributed by atoms with Gasteiger partial charge in [0.05, 0.1) is 10.0 Å². The first kappa shape index (κ1) is 13.9. The number of hydrogen-bond donors (Lipinski definition) is 0. The van der Waals surface area contributed by atoms with Crippen LogP contribution in [0, 0.1) is 0 Å². The van der Waals surface area contributed by atoms with Crippen LogP contribution >= 0.6 is 23.2 Å². The van der Waals surface area contributed by atoms with Gasteiger partial charge >= 0.3 is 0 Å². The van der Waals surface area contributed by atoms with Crippen molar-refractivity contribution in [3.63, 3.8) is 0 Å². The average Bonchev–Trinajstić information content (AvgIpc) is 2.41. The first-order chi connectivity index (χ1) is 9.20. The minimum absolute atomic E-state index is 0.381. The van der Waals surface area contributed by atoms with Gasteiger partial charge in [-0.25, -0.2) is 0 Å². The molecule has 2 aromatic rings. The molecule has 0 aromatic heterocycles. The molecule has 0 amide bonds. The summed E-state index contributed by atoms with van der Waals surface area (Å²) in [5, 5.41) is 1.07. The zero-order valence-corrected chi connectivity index (χ0v) is 11.9. The third-order valence-electron chi connectivity index (χ3n) is 2.56. The maximum atomic E-state index is 6.11. The number of ether oxygens (including phenoxy) is 1. The molecule has 2 aromatic carbocycles. The number of aliphatic imine (C=N–C) groups is 1. The lowest BCUT2D eigenvalue weighted by atomic mass is 10.2. The van der Waals surface area contributed by atoms with Crippen molar-refractivity contribution in [3.05, 3.63) is 63.6 Å². The molecule has 2 nitrogen and oxygen atoms in total. The lowest BCUT2D eigenvalue weighted by Crippen LogP contribution is -1.97. The van der Waals surface area contributed by atoms with Crippen molar-refractivity contribution in [1.82, 2.24) is 0 Å². The SMILES string of the molecule is CN=Cc1cccc(OCc2cccc(Cl)c2Cl)c1. The van der Waals surface area contributed by atoms with E-state index in [0.717, 1.165) is 16.9 Å². The molecule has 0 aliphatic rings. The fourth-order valence-corrected chi connectivity index (χ4v) is 2.03. The summed E-state index contributed by atoms with van der Waals surface area (Å²) in [7, 11) is 1.74. The smallest absolute Gasteiger partial charge is 0.120 e. The van der Waals surface area contributed by atoms with Gasteiger partial charge in [-0.2, -0.15) is 0 Å². The summed E-state index contributed by atoms with van der Waals surface area (Å²) >= 11 is 12.1. The van der Waals surface area contributed by atoms with E-state index < -0.39 is 0 Å². The molecule has 0 radical (unpaired) electrons. The van der Waals surface area contributed by atoms with Crippen molar-refractivity contribution < 1.29 is 4.74 Å². The van der Waals surface area contributed by atoms with Crippen molar-refractivity contribution >= 4 is 29.4 Å². The number of rotatable bonds is 4. The number of benzene rings is 2. The summed E-state index contributed by atoms with van der Waals surface area (Å²) in [6.07, 6.45) is 1.78. The van der Waals surface area contributed by atoms with E-state index in [9.17, 15) is 0 Å². The maximum absolute atomic E-state index is 6.11. The van der Waals surface area contributed by atoms with E-state index in [1.54, 1.807) is 19.3 Å². The Morgan fingerprint density at radius 3 is 2.74 bits per heavy atom. The predicted molar refractivity (Wildman–Crippen MR) is 80.8 cm³/mol. The fraction of sp³-hybridized carbons (Fsp3) is 0.133. The quantitative estimate of drug-likeness (QED) is 0.754. The van der Waals surface area contributed by atoms with Crippen LogP contribution in [-0.4, -0.2) is 13.3 Å². The molecular weight excluding hydrogens is 281 g/mol. The molecule has 0 unspecified atom stereocenters. The molecule has 0 saturated heterocycles. The predicted octanol–water partition coefficient (Wildman–Crippen LogP) is 4.62. The fourth-order valence-electron chi connectivity index (χ4n) is 1.65. The second-order valence-corrected chi connectivity index (χ2v) is 4.75. The van der Waals surface area contributed by atoms with Crippen LogP contribution in [-0.2, 0) is 6.61 Å². The zero-order valence-electron chi connectivity index (χ0n) is 10.4. The molecule has 2 rings (SSSR count). The number of halogens is 2. The van der Waals surface area contributed by atoms with E-state index in [4.69, 9.17) is 27.9 Å². The molecular formula is C15H13Cl2NO. The molecule has 19 heavy (non-hydrogen) atoms. The standard InChI is InChI=1S/C15H13Cl2NO/c1-18-9-11-4-2-6-13(8-11)19-10-12-5-3-7-14(16)15(12)17/h2-9H,10H2,1H3. The number of nitrogens with zero attached hydrogens (tertiary/aromatic N) is 1. The van der Waals surface area contributed by atoms with E-state index in [2.05, 4.69) is 4.99 Å². The van der Waals surface area contributed by atoms with Gasteiger partial charge in [0.25, 0.3) is 0 Å². The molecule has 0 bridgehead atoms. The summed E-state index contributed by atoms with van der Waals surface area (Å²) in [5.41, 5.74) is 1.86. The zero-order chi connectivity index (χ0) is 13.7. The molecule has 4 heteroatoms. The molecule has 0 fully saturated rings. The Morgan fingerprint density at radius 2 is 1.95 bits per heavy atom. The Balaban J connectivity index is 2.10. The van der Waals surface area contributed by atoms with Crippen LogP contribution in [0.1, 0.15) is 11.1 Å². The van der Waals surface area contributed by atoms with Crippen molar-refractivity contribution in [2.24, 2.45) is 4.99 Å². The molecule has 0 N–H and O–H groups in total. The largest absolute Gasteiger partial charge is 0.489 e. The van der Waals surface area contributed by atoms with Gasteiger partial charge < -0.3 is 4.74 Å². The Kier molecular flexibility index (Phi) is 4.83. The van der Waals surface area contributed by atoms with Crippen molar-refractivity contribution in [2.75, 3.05) is 7.05 Å². The highest BCUT2D eigenvalue weighted by Crippen LogP contribution is 2.26. The van der Waals surface area contributed by atoms with Crippen molar-refractivity contribution in [2.45, 2.75) is 6.61 Å². The van der Waals surface area contributed by atoms with E-state index in [0.29, 0.717) is 16.7 Å². The van der Waals surface area contributed by atoms with Gasteiger partial charge in [-0.3, -0.25) is 4.99 Å². The minimum Gasteiger partial charge on any atom is -0.489 e. The summed E-state index contributed by atoms with van der Waals surface area (Å²) in [5.74, 6) is 0.772. The highest BCUT2D eigenvalue weighted by atomic mass is 35.5. The van der Waals surface area contributed by atoms with Gasteiger partial charge in [0.2, 0.25) is 0 Å². The van der Waals surface area contributed by atoms with Crippen LogP contribution in [0.15, 0.2) is 47.5 Å². The lowest BCUT2D eigenvalue weighted by Gasteiger charge is -2.09. The Labute approximate surface area is 122 Å². The molecule has 0 aliphatic heterocycles. The van der Waals surface area contributed by atoms with E-state index in [1.165, 1.54) is 0 Å². The van der Waals surface area contributed by atoms with Crippen molar-refractivity contribution in [1.29, 1.82) is 0 Å². The second-order valence-electron chi connectivity index (χ2n) is 3.96. The van der Waals surface area contributed by atoms with E-state index >= 15 is 0 Å². The summed E-state index contributed by atoms with van der Waals surface area (Å²) < 4.78 is 5.71. The lowest BCUT2D eigenvalue weighted by molar-refractivity contribution is 0.306. The molecule has 98 valence electrons. The third-order valence-corrected chi connectivity index (χ3v) is 3.42. The highest BCUT2D eigenvalue weighted by molar-refractivity contribution is 6.42. The van der Waals surface area contributed by atoms with Gasteiger partial charge in [-0.1, -0.05) is 47.5 Å². The Morgan fingerprint density at radius 1 is 1.16 bits per heavy atom. The van der Waals surface area contributed by atoms with Gasteiger partial charge in [0.15, 0.2) is 0 Å². The second kappa shape index (κ2) is 6.60. The van der Waals surface area contributed by atoms with Crippen LogP contribution in [0.4, 0.5) is 0 Å². The topological polar surface area (TPSA) is 21.6 Å². The minimum atomic E-state index is 0.381. The van der Waals surface area contributed by atoms with E-state index in [-0.39, 0.29) is 0 Å². The van der Waals surface area contributed by atoms with Crippen LogP contribution in [0.3, 0.4) is 0 Å². The van der Waals surface area contributed by atoms with Gasteiger partial charge in [-0.05, 0) is 23.8 Å². The van der Waals surface area contributed by atoms with Crippen LogP contribution in [0.2, 0.25) is 10.0 Å². The molecule has 0 atom stereocenters. The average molecular weight is 294 g/mol. The van der Waals surface area contributed by atoms with Gasteiger partial charge in [0.1, 0.15) is 12.4 Å². The van der Waals surface area contributed by atoms with E-state index in [1.807, 2.05) is 36.4 Å². The molecule has 0 spiro atoms. The summed E-state index contributed by atoms with van der Waals surface area (Å²) in [6, 6.07) is 13.2. The van der Waals surface area contributed by atoms with Gasteiger partial charge in [-0.15, -0.1) is 0 Å². The van der Waals surface area contributed by atoms with Crippen LogP contribution in [0.25, 0.3) is 0 Å². The molecule has 0 heterocycles. The first-order valence-corrected chi connectivity index (χ1v) is 6.54. The number of hydrogen-bond acceptors (Lipinski definition) is 2. The summed E-state index contributed by atoms with van der Waals surface area (Å²) in [6.45, 7) is 0.381. The van der Waals surface area contributed by atoms with Crippen molar-refractivity contribution in [3.8, 4) is 5.75 Å². The third kappa shape index (κ3) is 3.72. The normalized spacial score (nSPS) is 10.9. The van der Waals surface area contributed by atoms with Crippen LogP contribution < -0.4 is 4.74 Å². The molecule has 0 aliphatic carbocycles. The Bertz CT molecular complexity index is 596. The van der Waals surface area contributed by atoms with Crippen LogP contribution in [0.5, 0.6) is 5.75 Å². The van der Waals surface area contributed by atoms with Gasteiger partial charge in [0, 0.05) is 18.8 Å². The highest BCUT2D eigenvalue weighted by Gasteiger charge is 2.05. The Hall–Kier alpha value is -1.51. The molecule has 0 saturated carbocycles. The monoisotopic (exact) mass is 293 g/mol.